The number of carbonyl (C=O) groups excluding carboxylic acids is 1. The number of nitrogens with zero attached hydrogens (tertiary/aromatic N) is 1. The number of rotatable bonds is 5. The number of alkyl halides is 2. The van der Waals surface area contributed by atoms with Gasteiger partial charge in [-0.1, -0.05) is 0 Å². The molecule has 0 aromatic heterocycles. The van der Waals surface area contributed by atoms with Crippen LogP contribution in [0.4, 0.5) is 8.78 Å². The second-order valence-electron chi connectivity index (χ2n) is 2.53. The van der Waals surface area contributed by atoms with Gasteiger partial charge in [0.15, 0.2) is 0 Å². The van der Waals surface area contributed by atoms with Gasteiger partial charge in [0.05, 0.1) is 13.2 Å². The maximum Gasteiger partial charge on any atom is 0.336 e. The van der Waals surface area contributed by atoms with E-state index in [-0.39, 0.29) is 13.2 Å². The first-order valence-corrected chi connectivity index (χ1v) is 3.37. The van der Waals surface area contributed by atoms with Gasteiger partial charge in [-0.15, -0.1) is 0 Å². The van der Waals surface area contributed by atoms with E-state index in [1.54, 1.807) is 0 Å². The van der Waals surface area contributed by atoms with E-state index in [9.17, 15) is 13.6 Å². The zero-order chi connectivity index (χ0) is 9.78. The Morgan fingerprint density at radius 3 is 2.50 bits per heavy atom. The number of likely N-dealkylation sites (N-methyl/N-ethyl adjacent to an activating group) is 1. The molecule has 0 aliphatic rings. The zero-order valence-corrected chi connectivity index (χ0v) is 6.76. The van der Waals surface area contributed by atoms with Crippen LogP contribution in [0.2, 0.25) is 0 Å². The second kappa shape index (κ2) is 4.32. The molecule has 0 spiro atoms. The standard InChI is InChI=1S/C6H12F2N2O2/c1-10(2-3-11)4-6(7,8)5(9)12/h11H,2-4H2,1H3,(H2,9,12). The molecule has 0 heterocycles. The number of primary amides is 1. The molecule has 0 aromatic carbocycles. The highest BCUT2D eigenvalue weighted by Gasteiger charge is 2.37. The molecule has 0 saturated heterocycles. The predicted octanol–water partition coefficient (Wildman–Crippen LogP) is -0.969. The van der Waals surface area contributed by atoms with Gasteiger partial charge in [0, 0.05) is 6.54 Å². The fraction of sp³-hybridized carbons (Fsp3) is 0.833. The fourth-order valence-corrected chi connectivity index (χ4v) is 0.667. The maximum atomic E-state index is 12.5. The molecule has 0 atom stereocenters. The number of hydrogen-bond donors (Lipinski definition) is 2. The average molecular weight is 182 g/mol. The van der Waals surface area contributed by atoms with E-state index in [1.807, 2.05) is 0 Å². The lowest BCUT2D eigenvalue weighted by Gasteiger charge is -2.20. The average Bonchev–Trinajstić information content (AvgIpc) is 1.85. The number of halogens is 2. The van der Waals surface area contributed by atoms with Crippen LogP contribution in [-0.2, 0) is 4.79 Å². The van der Waals surface area contributed by atoms with Crippen molar-refractivity contribution in [3.05, 3.63) is 0 Å². The minimum Gasteiger partial charge on any atom is -0.395 e. The highest BCUT2D eigenvalue weighted by Crippen LogP contribution is 2.13. The van der Waals surface area contributed by atoms with Crippen molar-refractivity contribution in [2.24, 2.45) is 5.73 Å². The number of aliphatic hydroxyl groups is 1. The summed E-state index contributed by atoms with van der Waals surface area (Å²) in [6.07, 6.45) is 0. The molecule has 3 N–H and O–H groups in total. The molecule has 0 aliphatic carbocycles. The van der Waals surface area contributed by atoms with E-state index in [0.29, 0.717) is 0 Å². The third kappa shape index (κ3) is 3.59. The summed E-state index contributed by atoms with van der Waals surface area (Å²) < 4.78 is 25.0. The monoisotopic (exact) mass is 182 g/mol. The summed E-state index contributed by atoms with van der Waals surface area (Å²) in [4.78, 5) is 11.3. The van der Waals surface area contributed by atoms with E-state index in [0.717, 1.165) is 4.90 Å². The summed E-state index contributed by atoms with van der Waals surface area (Å²) in [5.41, 5.74) is 4.44. The molecule has 0 aromatic rings. The lowest BCUT2D eigenvalue weighted by molar-refractivity contribution is -0.144. The topological polar surface area (TPSA) is 66.6 Å². The molecule has 0 aliphatic heterocycles. The van der Waals surface area contributed by atoms with Crippen LogP contribution in [0.5, 0.6) is 0 Å². The van der Waals surface area contributed by atoms with Crippen molar-refractivity contribution in [2.45, 2.75) is 5.92 Å². The van der Waals surface area contributed by atoms with Gasteiger partial charge in [-0.25, -0.2) is 0 Å². The lowest BCUT2D eigenvalue weighted by Crippen LogP contribution is -2.45. The molecule has 4 nitrogen and oxygen atoms in total. The number of amides is 1. The summed E-state index contributed by atoms with van der Waals surface area (Å²) in [5, 5.41) is 8.37. The van der Waals surface area contributed by atoms with Crippen LogP contribution in [0.1, 0.15) is 0 Å². The molecule has 12 heavy (non-hydrogen) atoms. The first-order chi connectivity index (χ1) is 5.40. The molecular weight excluding hydrogens is 170 g/mol. The SMILES string of the molecule is CN(CCO)CC(F)(F)C(N)=O. The predicted molar refractivity (Wildman–Crippen MR) is 38.7 cm³/mol. The number of hydrogen-bond acceptors (Lipinski definition) is 3. The van der Waals surface area contributed by atoms with Crippen molar-refractivity contribution in [3.63, 3.8) is 0 Å². The highest BCUT2D eigenvalue weighted by molar-refractivity contribution is 5.81. The largest absolute Gasteiger partial charge is 0.395 e. The minimum absolute atomic E-state index is 0.0862. The van der Waals surface area contributed by atoms with E-state index in [2.05, 4.69) is 5.73 Å². The number of carbonyl (C=O) groups is 1. The first-order valence-electron chi connectivity index (χ1n) is 3.37. The normalized spacial score (nSPS) is 12.1. The van der Waals surface area contributed by atoms with Gasteiger partial charge in [0.25, 0.3) is 5.91 Å². The summed E-state index contributed by atoms with van der Waals surface area (Å²) in [6, 6.07) is 0. The van der Waals surface area contributed by atoms with Crippen LogP contribution in [0.15, 0.2) is 0 Å². The van der Waals surface area contributed by atoms with Crippen LogP contribution < -0.4 is 5.73 Å². The summed E-state index contributed by atoms with van der Waals surface area (Å²) in [6.45, 7) is -0.906. The fourth-order valence-electron chi connectivity index (χ4n) is 0.667. The lowest BCUT2D eigenvalue weighted by atomic mass is 10.3. The molecule has 6 heteroatoms. The molecule has 0 saturated carbocycles. The van der Waals surface area contributed by atoms with E-state index in [4.69, 9.17) is 5.11 Å². The van der Waals surface area contributed by atoms with Gasteiger partial charge in [-0.2, -0.15) is 8.78 Å². The molecular formula is C6H12F2N2O2. The minimum atomic E-state index is -3.52. The Balaban J connectivity index is 3.96. The third-order valence-corrected chi connectivity index (χ3v) is 1.31. The van der Waals surface area contributed by atoms with E-state index in [1.165, 1.54) is 7.05 Å². The zero-order valence-electron chi connectivity index (χ0n) is 6.76. The Morgan fingerprint density at radius 2 is 2.17 bits per heavy atom. The van der Waals surface area contributed by atoms with Gasteiger partial charge in [-0.05, 0) is 7.05 Å². The molecule has 0 unspecified atom stereocenters. The Labute approximate surface area is 69.0 Å². The Hall–Kier alpha value is -0.750. The Kier molecular flexibility index (Phi) is 4.05. The highest BCUT2D eigenvalue weighted by atomic mass is 19.3. The second-order valence-corrected chi connectivity index (χ2v) is 2.53. The molecule has 0 radical (unpaired) electrons. The number of aliphatic hydroxyl groups excluding tert-OH is 1. The van der Waals surface area contributed by atoms with Gasteiger partial charge < -0.3 is 10.8 Å². The summed E-state index contributed by atoms with van der Waals surface area (Å²) in [5.74, 6) is -5.17. The van der Waals surface area contributed by atoms with Crippen LogP contribution in [0, 0.1) is 0 Å². The Bertz CT molecular complexity index is 164. The quantitative estimate of drug-likeness (QED) is 0.575. The number of nitrogens with two attached hydrogens (primary N) is 1. The van der Waals surface area contributed by atoms with Gasteiger partial charge in [0.1, 0.15) is 0 Å². The maximum absolute atomic E-state index is 12.5. The van der Waals surface area contributed by atoms with Crippen molar-refractivity contribution in [3.8, 4) is 0 Å². The molecule has 1 amide bonds. The van der Waals surface area contributed by atoms with Crippen molar-refractivity contribution < 1.29 is 18.7 Å². The third-order valence-electron chi connectivity index (χ3n) is 1.31. The van der Waals surface area contributed by atoms with Crippen molar-refractivity contribution in [1.82, 2.24) is 4.90 Å². The van der Waals surface area contributed by atoms with Crippen molar-refractivity contribution >= 4 is 5.91 Å². The van der Waals surface area contributed by atoms with E-state index >= 15 is 0 Å². The van der Waals surface area contributed by atoms with Crippen molar-refractivity contribution in [1.29, 1.82) is 0 Å². The van der Waals surface area contributed by atoms with Gasteiger partial charge in [0.2, 0.25) is 0 Å². The smallest absolute Gasteiger partial charge is 0.336 e. The Morgan fingerprint density at radius 1 is 1.67 bits per heavy atom. The first kappa shape index (κ1) is 11.2. The summed E-state index contributed by atoms with van der Waals surface area (Å²) in [7, 11) is 1.37. The molecule has 0 fully saturated rings. The summed E-state index contributed by atoms with van der Waals surface area (Å²) >= 11 is 0. The van der Waals surface area contributed by atoms with E-state index < -0.39 is 18.4 Å². The van der Waals surface area contributed by atoms with Crippen LogP contribution >= 0.6 is 0 Å². The van der Waals surface area contributed by atoms with Crippen LogP contribution in [0.25, 0.3) is 0 Å². The van der Waals surface area contributed by atoms with Crippen LogP contribution in [-0.4, -0.2) is 48.6 Å². The molecule has 0 rings (SSSR count). The van der Waals surface area contributed by atoms with Gasteiger partial charge in [-0.3, -0.25) is 9.69 Å². The molecule has 72 valence electrons. The molecule has 0 bridgehead atoms. The van der Waals surface area contributed by atoms with Gasteiger partial charge >= 0.3 is 5.92 Å². The van der Waals surface area contributed by atoms with Crippen molar-refractivity contribution in [2.75, 3.05) is 26.7 Å². The van der Waals surface area contributed by atoms with Crippen LogP contribution in [0.3, 0.4) is 0 Å².